The van der Waals surface area contributed by atoms with E-state index in [1.807, 2.05) is 24.3 Å². The van der Waals surface area contributed by atoms with Crippen LogP contribution in [0.2, 0.25) is 0 Å². The molecule has 0 fully saturated rings. The van der Waals surface area contributed by atoms with Crippen LogP contribution in [0.15, 0.2) is 95.4 Å². The Morgan fingerprint density at radius 3 is 2.32 bits per heavy atom. The van der Waals surface area contributed by atoms with Gasteiger partial charge in [-0.1, -0.05) is 60.7 Å². The van der Waals surface area contributed by atoms with E-state index in [-0.39, 0.29) is 0 Å². The van der Waals surface area contributed by atoms with Crippen LogP contribution < -0.4 is 0 Å². The summed E-state index contributed by atoms with van der Waals surface area (Å²) in [5.41, 5.74) is 7.75. The Hall–Kier alpha value is -4.70. The fourth-order valence-corrected chi connectivity index (χ4v) is 5.89. The van der Waals surface area contributed by atoms with Crippen molar-refractivity contribution in [1.29, 1.82) is 0 Å². The Labute approximate surface area is 192 Å². The van der Waals surface area contributed by atoms with Gasteiger partial charge in [0.1, 0.15) is 16.7 Å². The van der Waals surface area contributed by atoms with Gasteiger partial charge < -0.3 is 4.42 Å². The van der Waals surface area contributed by atoms with E-state index >= 15 is 0 Å². The maximum absolute atomic E-state index is 6.57. The predicted molar refractivity (Wildman–Crippen MR) is 139 cm³/mol. The van der Waals surface area contributed by atoms with Crippen LogP contribution in [0.3, 0.4) is 0 Å². The molecule has 0 aliphatic carbocycles. The number of nitrogens with zero attached hydrogens (tertiary/aromatic N) is 3. The lowest BCUT2D eigenvalue weighted by Gasteiger charge is -2.00. The summed E-state index contributed by atoms with van der Waals surface area (Å²) in [7, 11) is 0. The largest absolute Gasteiger partial charge is 0.455 e. The third-order valence-electron chi connectivity index (χ3n) is 7.30. The molecule has 0 bridgehead atoms. The molecule has 0 N–H and O–H groups in total. The van der Waals surface area contributed by atoms with Crippen molar-refractivity contribution < 1.29 is 4.42 Å². The summed E-state index contributed by atoms with van der Waals surface area (Å²) in [5, 5.41) is 8.19. The van der Waals surface area contributed by atoms with Gasteiger partial charge in [0.05, 0.1) is 27.5 Å². The maximum atomic E-state index is 6.57. The van der Waals surface area contributed by atoms with Crippen LogP contribution in [0.1, 0.15) is 0 Å². The lowest BCUT2D eigenvalue weighted by atomic mass is 10.0. The summed E-state index contributed by atoms with van der Waals surface area (Å²) in [4.78, 5) is 10.1. The van der Waals surface area contributed by atoms with Crippen molar-refractivity contribution in [1.82, 2.24) is 14.4 Å². The minimum atomic E-state index is 0.890. The Bertz CT molecular complexity index is 2290. The first-order valence-electron chi connectivity index (χ1n) is 11.4. The molecule has 34 heavy (non-hydrogen) atoms. The van der Waals surface area contributed by atoms with Crippen LogP contribution in [0.4, 0.5) is 0 Å². The molecule has 4 aromatic heterocycles. The van der Waals surface area contributed by atoms with Gasteiger partial charge in [0, 0.05) is 21.5 Å². The summed E-state index contributed by atoms with van der Waals surface area (Å²) in [6, 6.07) is 31.7. The number of hydrogen-bond donors (Lipinski definition) is 0. The number of fused-ring (bicyclic) bond motifs is 13. The molecule has 156 valence electrons. The molecule has 0 unspecified atom stereocenters. The number of furan rings is 1. The van der Waals surface area contributed by atoms with Gasteiger partial charge in [-0.3, -0.25) is 4.40 Å². The van der Waals surface area contributed by atoms with Crippen LogP contribution in [-0.2, 0) is 0 Å². The second kappa shape index (κ2) is 5.61. The molecule has 0 radical (unpaired) electrons. The van der Waals surface area contributed by atoms with Gasteiger partial charge >= 0.3 is 0 Å². The number of para-hydroxylation sites is 3. The van der Waals surface area contributed by atoms with Crippen molar-refractivity contribution in [2.45, 2.75) is 0 Å². The fraction of sp³-hybridized carbons (Fsp3) is 0. The van der Waals surface area contributed by atoms with Crippen LogP contribution >= 0.6 is 0 Å². The molecular formula is C30H15N3O. The zero-order chi connectivity index (χ0) is 22.0. The molecule has 0 aliphatic heterocycles. The topological polar surface area (TPSA) is 43.3 Å². The van der Waals surface area contributed by atoms with Crippen LogP contribution in [-0.4, -0.2) is 14.4 Å². The molecule has 5 aromatic carbocycles. The normalized spacial score (nSPS) is 12.7. The summed E-state index contributed by atoms with van der Waals surface area (Å²) >= 11 is 0. The predicted octanol–water partition coefficient (Wildman–Crippen LogP) is 7.83. The molecular weight excluding hydrogens is 418 g/mol. The van der Waals surface area contributed by atoms with Crippen LogP contribution in [0, 0.1) is 0 Å². The van der Waals surface area contributed by atoms with E-state index < -0.39 is 0 Å². The Balaban J connectivity index is 1.56. The van der Waals surface area contributed by atoms with Gasteiger partial charge in [0.15, 0.2) is 5.65 Å². The maximum Gasteiger partial charge on any atom is 0.165 e. The lowest BCUT2D eigenvalue weighted by molar-refractivity contribution is 0.673. The average Bonchev–Trinajstić information content (AvgIpc) is 3.53. The number of rotatable bonds is 0. The van der Waals surface area contributed by atoms with Crippen molar-refractivity contribution in [2.24, 2.45) is 0 Å². The highest BCUT2D eigenvalue weighted by Crippen LogP contribution is 2.44. The summed E-state index contributed by atoms with van der Waals surface area (Å²) < 4.78 is 8.83. The Morgan fingerprint density at radius 1 is 0.588 bits per heavy atom. The number of aromatic nitrogens is 3. The van der Waals surface area contributed by atoms with Crippen LogP contribution in [0.5, 0.6) is 0 Å². The lowest BCUT2D eigenvalue weighted by Crippen LogP contribution is -1.88. The summed E-state index contributed by atoms with van der Waals surface area (Å²) in [6.07, 6.45) is 0. The zero-order valence-corrected chi connectivity index (χ0v) is 17.9. The fourth-order valence-electron chi connectivity index (χ4n) is 5.89. The number of hydrogen-bond acceptors (Lipinski definition) is 3. The molecule has 9 aromatic rings. The van der Waals surface area contributed by atoms with Crippen molar-refractivity contribution in [3.8, 4) is 0 Å². The Morgan fingerprint density at radius 2 is 1.38 bits per heavy atom. The first kappa shape index (κ1) is 16.9. The van der Waals surface area contributed by atoms with Gasteiger partial charge in [-0.25, -0.2) is 9.97 Å². The van der Waals surface area contributed by atoms with Gasteiger partial charge in [-0.05, 0) is 41.1 Å². The highest BCUT2D eigenvalue weighted by Gasteiger charge is 2.23. The summed E-state index contributed by atoms with van der Waals surface area (Å²) in [6.45, 7) is 0. The molecule has 0 aliphatic rings. The minimum Gasteiger partial charge on any atom is -0.455 e. The third-order valence-corrected chi connectivity index (χ3v) is 7.30. The molecule has 0 spiro atoms. The molecule has 4 heteroatoms. The standard InChI is InChI=1S/C30H15N3O/c1-2-7-17-16(6-1)12-15-24-25(17)19-13-14-23-26(29(19)34-24)18-8-5-9-20-27-30(33(23)28(18)20)32-22-11-4-3-10-21(22)31-27/h1-15H. The zero-order valence-electron chi connectivity index (χ0n) is 17.9. The second-order valence-corrected chi connectivity index (χ2v) is 9.02. The van der Waals surface area contributed by atoms with E-state index in [4.69, 9.17) is 14.4 Å². The highest BCUT2D eigenvalue weighted by atomic mass is 16.3. The molecule has 0 atom stereocenters. The average molecular weight is 433 g/mol. The van der Waals surface area contributed by atoms with E-state index in [1.54, 1.807) is 0 Å². The van der Waals surface area contributed by atoms with Gasteiger partial charge in [0.2, 0.25) is 0 Å². The van der Waals surface area contributed by atoms with Crippen molar-refractivity contribution >= 4 is 82.1 Å². The SMILES string of the molecule is c1ccc2c(c1)ccc1oc3c(ccc4c3c3cccc5c6nc7ccccc7nc6n4c53)c12. The molecule has 0 saturated carbocycles. The van der Waals surface area contributed by atoms with Gasteiger partial charge in [-0.2, -0.15) is 0 Å². The van der Waals surface area contributed by atoms with Crippen molar-refractivity contribution in [2.75, 3.05) is 0 Å². The first-order chi connectivity index (χ1) is 16.9. The van der Waals surface area contributed by atoms with E-state index in [0.29, 0.717) is 0 Å². The van der Waals surface area contributed by atoms with Gasteiger partial charge in [-0.15, -0.1) is 0 Å². The molecule has 0 saturated heterocycles. The molecule has 0 amide bonds. The van der Waals surface area contributed by atoms with E-state index in [0.717, 1.165) is 60.6 Å². The molecule has 4 nitrogen and oxygen atoms in total. The van der Waals surface area contributed by atoms with Crippen LogP contribution in [0.25, 0.3) is 82.1 Å². The van der Waals surface area contributed by atoms with Crippen molar-refractivity contribution in [3.05, 3.63) is 91.0 Å². The number of benzene rings is 5. The summed E-state index contributed by atoms with van der Waals surface area (Å²) in [5.74, 6) is 0. The quantitative estimate of drug-likeness (QED) is 0.245. The second-order valence-electron chi connectivity index (χ2n) is 9.02. The first-order valence-corrected chi connectivity index (χ1v) is 11.4. The third kappa shape index (κ3) is 1.84. The van der Waals surface area contributed by atoms with E-state index in [1.165, 1.54) is 21.5 Å². The molecule has 9 rings (SSSR count). The highest BCUT2D eigenvalue weighted by molar-refractivity contribution is 6.31. The Kier molecular flexibility index (Phi) is 2.78. The monoisotopic (exact) mass is 433 g/mol. The van der Waals surface area contributed by atoms with Gasteiger partial charge in [0.25, 0.3) is 0 Å². The van der Waals surface area contributed by atoms with Crippen molar-refractivity contribution in [3.63, 3.8) is 0 Å². The molecule has 4 heterocycles. The smallest absolute Gasteiger partial charge is 0.165 e. The van der Waals surface area contributed by atoms with E-state index in [9.17, 15) is 0 Å². The minimum absolute atomic E-state index is 0.890. The van der Waals surface area contributed by atoms with E-state index in [2.05, 4.69) is 71.1 Å².